The van der Waals surface area contributed by atoms with Gasteiger partial charge in [-0.1, -0.05) is 0 Å². The van der Waals surface area contributed by atoms with Crippen molar-refractivity contribution in [3.8, 4) is 5.75 Å². The quantitative estimate of drug-likeness (QED) is 0.630. The highest BCUT2D eigenvalue weighted by atomic mass is 32.2. The van der Waals surface area contributed by atoms with Gasteiger partial charge >= 0.3 is 0 Å². The summed E-state index contributed by atoms with van der Waals surface area (Å²) in [6.07, 6.45) is 0. The molecule has 1 rings (SSSR count). The summed E-state index contributed by atoms with van der Waals surface area (Å²) in [7, 11) is 0. The van der Waals surface area contributed by atoms with Crippen LogP contribution in [0.25, 0.3) is 0 Å². The second-order valence-corrected chi connectivity index (χ2v) is 2.32. The number of hydrogen-bond acceptors (Lipinski definition) is 3. The van der Waals surface area contributed by atoms with E-state index < -0.39 is 17.2 Å². The third-order valence-electron chi connectivity index (χ3n) is 0.978. The van der Waals surface area contributed by atoms with Gasteiger partial charge in [0, 0.05) is 0 Å². The van der Waals surface area contributed by atoms with Crippen molar-refractivity contribution in [2.45, 2.75) is 0 Å². The molecule has 1 unspecified atom stereocenters. The number of hydrogen-bond donors (Lipinski definition) is 0. The summed E-state index contributed by atoms with van der Waals surface area (Å²) in [5.74, 6) is -0.339. The molecule has 0 spiro atoms. The van der Waals surface area contributed by atoms with E-state index in [9.17, 15) is 13.2 Å². The molecule has 0 aromatic heterocycles. The summed E-state index contributed by atoms with van der Waals surface area (Å²) >= 11 is -2.60. The predicted molar refractivity (Wildman–Crippen MR) is 35.9 cm³/mol. The minimum atomic E-state index is -2.60. The Morgan fingerprint density at radius 1 is 1.36 bits per heavy atom. The highest BCUT2D eigenvalue weighted by Gasteiger charge is 1.92. The first-order chi connectivity index (χ1) is 5.18. The second-order valence-electron chi connectivity index (χ2n) is 1.74. The summed E-state index contributed by atoms with van der Waals surface area (Å²) in [5.41, 5.74) is 0. The molecule has 5 heteroatoms. The van der Waals surface area contributed by atoms with E-state index in [1.54, 1.807) is 0 Å². The first-order valence-electron chi connectivity index (χ1n) is 2.71. The molecule has 1 aromatic carbocycles. The molecule has 0 aliphatic heterocycles. The van der Waals surface area contributed by atoms with Crippen molar-refractivity contribution in [2.75, 3.05) is 0 Å². The van der Waals surface area contributed by atoms with Crippen LogP contribution in [0.5, 0.6) is 5.75 Å². The Kier molecular flexibility index (Phi) is 2.56. The summed E-state index contributed by atoms with van der Waals surface area (Å²) in [6, 6.07) is 4.68. The van der Waals surface area contributed by atoms with E-state index in [2.05, 4.69) is 4.18 Å². The van der Waals surface area contributed by atoms with Crippen molar-refractivity contribution >= 4 is 11.4 Å². The Bertz CT molecular complexity index is 259. The molecule has 0 fully saturated rings. The molecule has 1 atom stereocenters. The van der Waals surface area contributed by atoms with E-state index >= 15 is 0 Å². The Morgan fingerprint density at radius 3 is 2.36 bits per heavy atom. The van der Waals surface area contributed by atoms with Crippen LogP contribution in [-0.4, -0.2) is 8.76 Å². The lowest BCUT2D eigenvalue weighted by atomic mass is 10.3. The first kappa shape index (κ1) is 8.16. The van der Waals surface area contributed by atoms with Gasteiger partial charge in [-0.2, -0.15) is 0 Å². The summed E-state index contributed by atoms with van der Waals surface area (Å²) in [4.78, 5) is 0. The monoisotopic (exact) mass is 175 g/mol. The molecule has 11 heavy (non-hydrogen) atoms. The topological polar surface area (TPSA) is 49.4 Å². The zero-order chi connectivity index (χ0) is 8.27. The lowest BCUT2D eigenvalue weighted by Crippen LogP contribution is -1.97. The van der Waals surface area contributed by atoms with Crippen molar-refractivity contribution in [1.29, 1.82) is 0 Å². The molecule has 0 amide bonds. The van der Waals surface area contributed by atoms with Gasteiger partial charge in [0.05, 0.1) is 0 Å². The molecule has 0 bridgehead atoms. The molecule has 60 valence electrons. The normalized spacial score (nSPS) is 12.5. The van der Waals surface area contributed by atoms with Crippen LogP contribution in [0.15, 0.2) is 24.3 Å². The molecular weight excluding hydrogens is 171 g/mol. The maximum absolute atomic E-state index is 12.2. The van der Waals surface area contributed by atoms with Gasteiger partial charge in [-0.05, 0) is 24.3 Å². The highest BCUT2D eigenvalue weighted by Crippen LogP contribution is 2.11. The smallest absolute Gasteiger partial charge is 0.139 e. The lowest BCUT2D eigenvalue weighted by molar-refractivity contribution is 0.440. The van der Waals surface area contributed by atoms with Crippen LogP contribution in [0.3, 0.4) is 0 Å². The third kappa shape index (κ3) is 2.65. The Morgan fingerprint density at radius 2 is 1.91 bits per heavy atom. The van der Waals surface area contributed by atoms with Gasteiger partial charge in [0.15, 0.2) is 0 Å². The maximum atomic E-state index is 12.2. The molecular formula is C6H4FO3S-. The van der Waals surface area contributed by atoms with Gasteiger partial charge in [0.25, 0.3) is 0 Å². The lowest BCUT2D eigenvalue weighted by Gasteiger charge is -2.05. The van der Waals surface area contributed by atoms with E-state index in [1.165, 1.54) is 12.1 Å². The summed E-state index contributed by atoms with van der Waals surface area (Å²) in [6.45, 7) is 0. The largest absolute Gasteiger partial charge is 0.740 e. The molecule has 3 nitrogen and oxygen atoms in total. The molecule has 0 saturated carbocycles. The van der Waals surface area contributed by atoms with Crippen molar-refractivity contribution in [2.24, 2.45) is 0 Å². The van der Waals surface area contributed by atoms with Crippen LogP contribution in [0.1, 0.15) is 0 Å². The zero-order valence-electron chi connectivity index (χ0n) is 5.32. The van der Waals surface area contributed by atoms with E-state index in [-0.39, 0.29) is 5.75 Å². The summed E-state index contributed by atoms with van der Waals surface area (Å²) in [5, 5.41) is 0. The Labute approximate surface area is 65.3 Å². The van der Waals surface area contributed by atoms with E-state index in [1.807, 2.05) is 0 Å². The fourth-order valence-corrected chi connectivity index (χ4v) is 0.837. The third-order valence-corrected chi connectivity index (χ3v) is 1.31. The van der Waals surface area contributed by atoms with Crippen LogP contribution >= 0.6 is 0 Å². The van der Waals surface area contributed by atoms with Crippen LogP contribution in [0.2, 0.25) is 0 Å². The molecule has 0 heterocycles. The van der Waals surface area contributed by atoms with E-state index in [4.69, 9.17) is 0 Å². The van der Waals surface area contributed by atoms with Crippen LogP contribution in [-0.2, 0) is 11.4 Å². The fourth-order valence-electron chi connectivity index (χ4n) is 0.569. The fraction of sp³-hybridized carbons (Fsp3) is 0. The van der Waals surface area contributed by atoms with Gasteiger partial charge in [-0.15, -0.1) is 0 Å². The van der Waals surface area contributed by atoms with Gasteiger partial charge in [0.2, 0.25) is 0 Å². The summed E-state index contributed by atoms with van der Waals surface area (Å²) < 4.78 is 36.3. The van der Waals surface area contributed by atoms with Gasteiger partial charge in [-0.3, -0.25) is 0 Å². The van der Waals surface area contributed by atoms with Crippen LogP contribution in [0, 0.1) is 5.82 Å². The number of benzene rings is 1. The SMILES string of the molecule is O=S([O-])Oc1ccc(F)cc1. The predicted octanol–water partition coefficient (Wildman–Crippen LogP) is 0.999. The Hall–Kier alpha value is -0.940. The van der Waals surface area contributed by atoms with Gasteiger partial charge < -0.3 is 8.74 Å². The highest BCUT2D eigenvalue weighted by molar-refractivity contribution is 7.74. The minimum absolute atomic E-state index is 0.0970. The van der Waals surface area contributed by atoms with Gasteiger partial charge in [0.1, 0.15) is 22.9 Å². The number of rotatable bonds is 2. The molecule has 0 saturated heterocycles. The minimum Gasteiger partial charge on any atom is -0.740 e. The average molecular weight is 175 g/mol. The second kappa shape index (κ2) is 3.45. The van der Waals surface area contributed by atoms with Crippen molar-refractivity contribution in [1.82, 2.24) is 0 Å². The van der Waals surface area contributed by atoms with E-state index in [0.29, 0.717) is 0 Å². The first-order valence-corrected chi connectivity index (χ1v) is 3.71. The van der Waals surface area contributed by atoms with Gasteiger partial charge in [-0.25, -0.2) is 8.60 Å². The molecule has 0 aliphatic carbocycles. The van der Waals surface area contributed by atoms with E-state index in [0.717, 1.165) is 12.1 Å². The number of halogens is 1. The van der Waals surface area contributed by atoms with Crippen molar-refractivity contribution in [3.63, 3.8) is 0 Å². The maximum Gasteiger partial charge on any atom is 0.139 e. The molecule has 0 N–H and O–H groups in total. The zero-order valence-corrected chi connectivity index (χ0v) is 6.14. The molecule has 0 aliphatic rings. The van der Waals surface area contributed by atoms with Crippen molar-refractivity contribution in [3.05, 3.63) is 30.1 Å². The Balaban J connectivity index is 2.74. The molecule has 1 aromatic rings. The van der Waals surface area contributed by atoms with Crippen LogP contribution in [0.4, 0.5) is 4.39 Å². The average Bonchev–Trinajstić information content (AvgIpc) is 1.93. The van der Waals surface area contributed by atoms with Crippen LogP contribution < -0.4 is 4.18 Å². The molecule has 0 radical (unpaired) electrons. The standard InChI is InChI=1S/C6H5FO3S/c7-5-1-3-6(4-2-5)10-11(8)9/h1-4H,(H,8,9)/p-1. The van der Waals surface area contributed by atoms with Crippen molar-refractivity contribution < 1.29 is 17.3 Å².